The van der Waals surface area contributed by atoms with Crippen LogP contribution in [0.3, 0.4) is 0 Å². The van der Waals surface area contributed by atoms with Gasteiger partial charge >= 0.3 is 0 Å². The largest absolute Gasteiger partial charge is 0.309 e. The predicted molar refractivity (Wildman–Crippen MR) is 236 cm³/mol. The molecule has 2 nitrogen and oxygen atoms in total. The molecule has 12 rings (SSSR count). The molecule has 0 bridgehead atoms. The van der Waals surface area contributed by atoms with Crippen molar-refractivity contribution in [1.29, 1.82) is 0 Å². The minimum atomic E-state index is 1.16. The zero-order chi connectivity index (χ0) is 36.0. The van der Waals surface area contributed by atoms with Crippen molar-refractivity contribution < 1.29 is 0 Å². The molecule has 0 spiro atoms. The summed E-state index contributed by atoms with van der Waals surface area (Å²) in [5, 5.41) is 10.2. The van der Waals surface area contributed by atoms with Gasteiger partial charge in [-0.25, -0.2) is 0 Å². The number of hydrogen-bond acceptors (Lipinski definition) is 1. The van der Waals surface area contributed by atoms with E-state index in [0.717, 1.165) is 5.69 Å². The van der Waals surface area contributed by atoms with Crippen molar-refractivity contribution in [2.24, 2.45) is 0 Å². The quantitative estimate of drug-likeness (QED) is 0.172. The van der Waals surface area contributed by atoms with Crippen molar-refractivity contribution in [2.75, 3.05) is 0 Å². The summed E-state index contributed by atoms with van der Waals surface area (Å²) in [5.74, 6) is 0. The molecule has 0 aliphatic carbocycles. The van der Waals surface area contributed by atoms with E-state index >= 15 is 0 Å². The molecule has 3 aromatic heterocycles. The zero-order valence-corrected chi connectivity index (χ0v) is 30.6. The van der Waals surface area contributed by atoms with Gasteiger partial charge in [0.15, 0.2) is 0 Å². The van der Waals surface area contributed by atoms with E-state index in [1.165, 1.54) is 102 Å². The van der Waals surface area contributed by atoms with Crippen LogP contribution in [0.2, 0.25) is 0 Å². The second-order valence-electron chi connectivity index (χ2n) is 14.6. The number of para-hydroxylation sites is 2. The number of nitrogens with zero attached hydrogens (tertiary/aromatic N) is 2. The van der Waals surface area contributed by atoms with Gasteiger partial charge in [0.25, 0.3) is 0 Å². The Hall–Kier alpha value is -6.94. The van der Waals surface area contributed by atoms with Crippen LogP contribution in [0.4, 0.5) is 0 Å². The number of aromatic nitrogens is 2. The molecule has 55 heavy (non-hydrogen) atoms. The number of fused-ring (bicyclic) bond motifs is 10. The summed E-state index contributed by atoms with van der Waals surface area (Å²) >= 11 is 1.86. The van der Waals surface area contributed by atoms with Crippen LogP contribution in [-0.4, -0.2) is 9.13 Å². The average molecular weight is 717 g/mol. The summed E-state index contributed by atoms with van der Waals surface area (Å²) < 4.78 is 7.49. The van der Waals surface area contributed by atoms with Gasteiger partial charge in [0.2, 0.25) is 0 Å². The van der Waals surface area contributed by atoms with Crippen LogP contribution in [0.15, 0.2) is 194 Å². The van der Waals surface area contributed by atoms with Crippen LogP contribution in [0.25, 0.3) is 108 Å². The molecule has 0 saturated heterocycles. The number of hydrogen-bond donors (Lipinski definition) is 0. The molecule has 3 heteroatoms. The van der Waals surface area contributed by atoms with E-state index in [2.05, 4.69) is 203 Å². The molecule has 12 aromatic rings. The highest BCUT2D eigenvalue weighted by molar-refractivity contribution is 7.25. The summed E-state index contributed by atoms with van der Waals surface area (Å²) in [6, 6.07) is 71.5. The van der Waals surface area contributed by atoms with Crippen LogP contribution >= 0.6 is 11.3 Å². The Bertz CT molecular complexity index is 3490. The monoisotopic (exact) mass is 716 g/mol. The van der Waals surface area contributed by atoms with E-state index in [-0.39, 0.29) is 0 Å². The average Bonchev–Trinajstić information content (AvgIpc) is 3.90. The molecule has 3 heterocycles. The Morgan fingerprint density at radius 3 is 1.45 bits per heavy atom. The van der Waals surface area contributed by atoms with Gasteiger partial charge in [-0.2, -0.15) is 0 Å². The SMILES string of the molecule is c1ccc2cc(-n3c4ccccc4c4cc(-c5ccc6c(c5)c5ccccc5n6-c5ccc(-c6ccc7sc8ccccc8c7c6)cc5)ccc43)ccc2c1. The maximum Gasteiger partial charge on any atom is 0.0541 e. The molecule has 0 atom stereocenters. The minimum Gasteiger partial charge on any atom is -0.309 e. The smallest absolute Gasteiger partial charge is 0.0541 e. The molecule has 0 unspecified atom stereocenters. The maximum absolute atomic E-state index is 2.41. The fourth-order valence-corrected chi connectivity index (χ4v) is 9.97. The summed E-state index contributed by atoms with van der Waals surface area (Å²) in [6.45, 7) is 0. The van der Waals surface area contributed by atoms with E-state index in [0.29, 0.717) is 0 Å². The third kappa shape index (κ3) is 4.67. The van der Waals surface area contributed by atoms with E-state index in [9.17, 15) is 0 Å². The highest BCUT2D eigenvalue weighted by atomic mass is 32.1. The van der Waals surface area contributed by atoms with Crippen molar-refractivity contribution >= 4 is 85.9 Å². The normalized spacial score (nSPS) is 12.0. The molecule has 0 N–H and O–H groups in total. The standard InChI is InChI=1S/C52H32N2S/c1-2-10-35-29-40(25-19-33(35)9-1)54-48-15-7-4-12-42(48)45-31-38(21-27-50(45)54)37-20-26-49-44(30-37)41-11-3-6-14-47(41)53(49)39-23-17-34(18-24-39)36-22-28-52-46(32-36)43-13-5-8-16-51(43)55-52/h1-32H. The van der Waals surface area contributed by atoms with Gasteiger partial charge in [0.05, 0.1) is 22.1 Å². The van der Waals surface area contributed by atoms with Crippen molar-refractivity contribution in [3.05, 3.63) is 194 Å². The molecule has 0 aliphatic rings. The number of rotatable bonds is 4. The number of benzene rings is 9. The van der Waals surface area contributed by atoms with Crippen LogP contribution in [0.1, 0.15) is 0 Å². The molecule has 0 saturated carbocycles. The maximum atomic E-state index is 2.41. The summed E-state index contributed by atoms with van der Waals surface area (Å²) in [7, 11) is 0. The second-order valence-corrected chi connectivity index (χ2v) is 15.6. The van der Waals surface area contributed by atoms with E-state index < -0.39 is 0 Å². The van der Waals surface area contributed by atoms with E-state index in [1.807, 2.05) is 11.3 Å². The van der Waals surface area contributed by atoms with Crippen LogP contribution < -0.4 is 0 Å². The van der Waals surface area contributed by atoms with Gasteiger partial charge < -0.3 is 9.13 Å². The van der Waals surface area contributed by atoms with Gasteiger partial charge in [-0.3, -0.25) is 0 Å². The van der Waals surface area contributed by atoms with Crippen molar-refractivity contribution in [3.8, 4) is 33.6 Å². The zero-order valence-electron chi connectivity index (χ0n) is 29.8. The molecule has 256 valence electrons. The van der Waals surface area contributed by atoms with Crippen molar-refractivity contribution in [1.82, 2.24) is 9.13 Å². The first-order valence-corrected chi connectivity index (χ1v) is 19.6. The van der Waals surface area contributed by atoms with Crippen LogP contribution in [-0.2, 0) is 0 Å². The van der Waals surface area contributed by atoms with Gasteiger partial charge in [0, 0.05) is 53.1 Å². The first kappa shape index (κ1) is 30.5. The Morgan fingerprint density at radius 2 is 0.745 bits per heavy atom. The molecule has 0 amide bonds. The Morgan fingerprint density at radius 1 is 0.273 bits per heavy atom. The lowest BCUT2D eigenvalue weighted by Gasteiger charge is -2.11. The highest BCUT2D eigenvalue weighted by Crippen LogP contribution is 2.40. The molecular formula is C52H32N2S. The third-order valence-electron chi connectivity index (χ3n) is 11.5. The number of thiophene rings is 1. The molecule has 9 aromatic carbocycles. The van der Waals surface area contributed by atoms with E-state index in [4.69, 9.17) is 0 Å². The Labute approximate surface area is 321 Å². The topological polar surface area (TPSA) is 9.86 Å². The lowest BCUT2D eigenvalue weighted by atomic mass is 10.0. The summed E-state index contributed by atoms with van der Waals surface area (Å²) in [5.41, 5.74) is 12.1. The first-order valence-electron chi connectivity index (χ1n) is 18.8. The molecule has 0 fully saturated rings. The fraction of sp³-hybridized carbons (Fsp3) is 0. The summed E-state index contributed by atoms with van der Waals surface area (Å²) in [4.78, 5) is 0. The van der Waals surface area contributed by atoms with Gasteiger partial charge in [-0.1, -0.05) is 115 Å². The fourth-order valence-electron chi connectivity index (χ4n) is 8.89. The van der Waals surface area contributed by atoms with E-state index in [1.54, 1.807) is 0 Å². The molecule has 0 radical (unpaired) electrons. The highest BCUT2D eigenvalue weighted by Gasteiger charge is 2.17. The van der Waals surface area contributed by atoms with Crippen LogP contribution in [0, 0.1) is 0 Å². The minimum absolute atomic E-state index is 1.16. The Balaban J connectivity index is 0.961. The first-order chi connectivity index (χ1) is 27.2. The summed E-state index contributed by atoms with van der Waals surface area (Å²) in [6.07, 6.45) is 0. The van der Waals surface area contributed by atoms with Crippen molar-refractivity contribution in [3.63, 3.8) is 0 Å². The van der Waals surface area contributed by atoms with Crippen molar-refractivity contribution in [2.45, 2.75) is 0 Å². The lowest BCUT2D eigenvalue weighted by Crippen LogP contribution is -1.94. The third-order valence-corrected chi connectivity index (χ3v) is 12.7. The Kier molecular flexibility index (Phi) is 6.54. The van der Waals surface area contributed by atoms with Gasteiger partial charge in [-0.15, -0.1) is 11.3 Å². The van der Waals surface area contributed by atoms with Gasteiger partial charge in [0.1, 0.15) is 0 Å². The lowest BCUT2D eigenvalue weighted by molar-refractivity contribution is 1.18. The molecule has 0 aliphatic heterocycles. The van der Waals surface area contributed by atoms with Crippen LogP contribution in [0.5, 0.6) is 0 Å². The van der Waals surface area contributed by atoms with Gasteiger partial charge in [-0.05, 0) is 112 Å². The predicted octanol–water partition coefficient (Wildman–Crippen LogP) is 14.7. The second kappa shape index (κ2) is 11.8. The molecular weight excluding hydrogens is 685 g/mol.